The van der Waals surface area contributed by atoms with Gasteiger partial charge in [-0.1, -0.05) is 13.3 Å². The van der Waals surface area contributed by atoms with Crippen molar-refractivity contribution >= 4 is 23.8 Å². The van der Waals surface area contributed by atoms with E-state index in [0.717, 1.165) is 12.8 Å². The van der Waals surface area contributed by atoms with E-state index in [1.165, 1.54) is 12.1 Å². The highest BCUT2D eigenvalue weighted by Crippen LogP contribution is 2.32. The first kappa shape index (κ1) is 20.0. The lowest BCUT2D eigenvalue weighted by Crippen LogP contribution is -2.42. The second-order valence-corrected chi connectivity index (χ2v) is 5.57. The molecule has 0 saturated heterocycles. The molecule has 1 heterocycles. The maximum Gasteiger partial charge on any atom is 0.325 e. The number of imide groups is 1. The van der Waals surface area contributed by atoms with Crippen LogP contribution in [-0.4, -0.2) is 50.3 Å². The number of rotatable bonds is 8. The molecule has 0 unspecified atom stereocenters. The predicted molar refractivity (Wildman–Crippen MR) is 92.3 cm³/mol. The van der Waals surface area contributed by atoms with Gasteiger partial charge in [0.05, 0.1) is 0 Å². The molecule has 10 nitrogen and oxygen atoms in total. The zero-order chi connectivity index (χ0) is 19.6. The van der Waals surface area contributed by atoms with Gasteiger partial charge in [-0.3, -0.25) is 19.7 Å². The zero-order valence-electron chi connectivity index (χ0n) is 14.8. The molecule has 3 N–H and O–H groups in total. The second kappa shape index (κ2) is 10.00. The molecule has 0 fully saturated rings. The summed E-state index contributed by atoms with van der Waals surface area (Å²) in [7, 11) is 0. The Labute approximate surface area is 155 Å². The number of carbonyl (C=O) groups is 4. The van der Waals surface area contributed by atoms with Crippen molar-refractivity contribution in [2.24, 2.45) is 0 Å². The van der Waals surface area contributed by atoms with E-state index in [-0.39, 0.29) is 12.4 Å². The highest BCUT2D eigenvalue weighted by atomic mass is 16.7. The average molecular weight is 379 g/mol. The normalized spacial score (nSPS) is 11.4. The lowest BCUT2D eigenvalue weighted by Gasteiger charge is -2.08. The summed E-state index contributed by atoms with van der Waals surface area (Å²) in [5.41, 5.74) is 0.286. The van der Waals surface area contributed by atoms with Crippen molar-refractivity contribution in [3.8, 4) is 11.5 Å². The van der Waals surface area contributed by atoms with Gasteiger partial charge in [-0.05, 0) is 24.6 Å². The van der Waals surface area contributed by atoms with Crippen molar-refractivity contribution in [2.75, 3.05) is 26.5 Å². The van der Waals surface area contributed by atoms with E-state index in [1.807, 2.05) is 12.2 Å². The van der Waals surface area contributed by atoms with Crippen LogP contribution in [0.4, 0.5) is 4.79 Å². The molecule has 1 aromatic rings. The van der Waals surface area contributed by atoms with Crippen LogP contribution in [0.25, 0.3) is 0 Å². The minimum absolute atomic E-state index is 0.0887. The maximum absolute atomic E-state index is 12.0. The van der Waals surface area contributed by atoms with E-state index in [0.29, 0.717) is 18.0 Å². The number of benzene rings is 1. The summed E-state index contributed by atoms with van der Waals surface area (Å²) in [5.74, 6) is -1.11. The summed E-state index contributed by atoms with van der Waals surface area (Å²) in [4.78, 5) is 46.5. The molecule has 1 aliphatic rings. The zero-order valence-corrected chi connectivity index (χ0v) is 14.8. The van der Waals surface area contributed by atoms with Gasteiger partial charge >= 0.3 is 12.0 Å². The number of esters is 1. The maximum atomic E-state index is 12.0. The van der Waals surface area contributed by atoms with E-state index >= 15 is 0 Å². The van der Waals surface area contributed by atoms with E-state index in [4.69, 9.17) is 14.2 Å². The number of amides is 4. The van der Waals surface area contributed by atoms with Crippen molar-refractivity contribution in [3.05, 3.63) is 23.8 Å². The molecule has 0 radical (unpaired) electrons. The summed E-state index contributed by atoms with van der Waals surface area (Å²) in [5, 5.41) is 6.89. The van der Waals surface area contributed by atoms with Crippen molar-refractivity contribution in [1.82, 2.24) is 16.0 Å². The van der Waals surface area contributed by atoms with Gasteiger partial charge in [-0.2, -0.15) is 0 Å². The summed E-state index contributed by atoms with van der Waals surface area (Å²) in [6.07, 6.45) is 1.70. The van der Waals surface area contributed by atoms with Crippen LogP contribution in [0.3, 0.4) is 0 Å². The molecule has 0 saturated carbocycles. The first-order valence-corrected chi connectivity index (χ1v) is 8.40. The van der Waals surface area contributed by atoms with E-state index in [9.17, 15) is 19.2 Å². The first-order valence-electron chi connectivity index (χ1n) is 8.40. The highest BCUT2D eigenvalue weighted by molar-refractivity contribution is 5.97. The van der Waals surface area contributed by atoms with Gasteiger partial charge in [-0.15, -0.1) is 0 Å². The highest BCUT2D eigenvalue weighted by Gasteiger charge is 2.17. The quantitative estimate of drug-likeness (QED) is 0.437. The van der Waals surface area contributed by atoms with Crippen molar-refractivity contribution in [2.45, 2.75) is 19.8 Å². The third kappa shape index (κ3) is 6.49. The van der Waals surface area contributed by atoms with E-state index in [2.05, 4.69) is 10.6 Å². The minimum Gasteiger partial charge on any atom is -0.454 e. The van der Waals surface area contributed by atoms with E-state index < -0.39 is 37.0 Å². The summed E-state index contributed by atoms with van der Waals surface area (Å²) in [6.45, 7) is 1.45. The number of hydrogen-bond acceptors (Lipinski definition) is 7. The molecular weight excluding hydrogens is 358 g/mol. The lowest BCUT2D eigenvalue weighted by atomic mass is 10.2. The monoisotopic (exact) mass is 379 g/mol. The number of carbonyl (C=O) groups excluding carboxylic acids is 4. The van der Waals surface area contributed by atoms with E-state index in [1.54, 1.807) is 6.07 Å². The Balaban J connectivity index is 1.66. The molecule has 1 aromatic carbocycles. The average Bonchev–Trinajstić information content (AvgIpc) is 3.12. The Morgan fingerprint density at radius 1 is 1.11 bits per heavy atom. The third-order valence-electron chi connectivity index (χ3n) is 3.46. The van der Waals surface area contributed by atoms with Gasteiger partial charge in [0, 0.05) is 12.1 Å². The molecule has 0 bridgehead atoms. The predicted octanol–water partition coefficient (Wildman–Crippen LogP) is 0.314. The van der Waals surface area contributed by atoms with Crippen LogP contribution >= 0.6 is 0 Å². The minimum atomic E-state index is -0.814. The summed E-state index contributed by atoms with van der Waals surface area (Å²) < 4.78 is 15.0. The Kier molecular flexibility index (Phi) is 7.41. The van der Waals surface area contributed by atoms with Crippen LogP contribution in [0.1, 0.15) is 30.1 Å². The van der Waals surface area contributed by atoms with Crippen molar-refractivity contribution < 1.29 is 33.4 Å². The molecule has 4 amide bonds. The van der Waals surface area contributed by atoms with Gasteiger partial charge in [-0.25, -0.2) is 4.79 Å². The van der Waals surface area contributed by atoms with Gasteiger partial charge in [0.1, 0.15) is 6.54 Å². The molecule has 10 heteroatoms. The molecule has 1 aliphatic heterocycles. The fraction of sp³-hybridized carbons (Fsp3) is 0.412. The van der Waals surface area contributed by atoms with Gasteiger partial charge in [0.15, 0.2) is 18.1 Å². The Morgan fingerprint density at radius 3 is 2.67 bits per heavy atom. The largest absolute Gasteiger partial charge is 0.454 e. The topological polar surface area (TPSA) is 132 Å². The van der Waals surface area contributed by atoms with Crippen LogP contribution < -0.4 is 25.4 Å². The molecule has 0 atom stereocenters. The Hall–Kier alpha value is -3.30. The standard InChI is InChI=1S/C17H21N3O7/c1-2-3-6-18-17(24)20-14(21)9-25-15(22)8-19-16(23)11-4-5-12-13(7-11)27-10-26-12/h4-5,7H,2-3,6,8-10H2,1H3,(H,19,23)(H2,18,20,21,24). The van der Waals surface area contributed by atoms with Crippen molar-refractivity contribution in [3.63, 3.8) is 0 Å². The van der Waals surface area contributed by atoms with Crippen LogP contribution in [0.5, 0.6) is 11.5 Å². The number of fused-ring (bicyclic) bond motifs is 1. The molecular formula is C17H21N3O7. The second-order valence-electron chi connectivity index (χ2n) is 5.57. The summed E-state index contributed by atoms with van der Waals surface area (Å²) >= 11 is 0. The number of nitrogens with one attached hydrogen (secondary N) is 3. The molecule has 146 valence electrons. The number of ether oxygens (including phenoxy) is 3. The molecule has 0 aliphatic carbocycles. The fourth-order valence-electron chi connectivity index (χ4n) is 2.07. The Bertz CT molecular complexity index is 720. The van der Waals surface area contributed by atoms with Gasteiger partial charge < -0.3 is 24.8 Å². The number of hydrogen-bond donors (Lipinski definition) is 3. The van der Waals surface area contributed by atoms with Crippen LogP contribution in [-0.2, 0) is 14.3 Å². The molecule has 0 spiro atoms. The SMILES string of the molecule is CCCCNC(=O)NC(=O)COC(=O)CNC(=O)c1ccc2c(c1)OCO2. The van der Waals surface area contributed by atoms with Crippen LogP contribution in [0, 0.1) is 0 Å². The first-order chi connectivity index (χ1) is 13.0. The smallest absolute Gasteiger partial charge is 0.325 e. The van der Waals surface area contributed by atoms with Crippen LogP contribution in [0.15, 0.2) is 18.2 Å². The summed E-state index contributed by atoms with van der Waals surface area (Å²) in [6, 6.07) is 3.96. The molecule has 0 aromatic heterocycles. The number of unbranched alkanes of at least 4 members (excludes halogenated alkanes) is 1. The third-order valence-corrected chi connectivity index (χ3v) is 3.46. The van der Waals surface area contributed by atoms with Crippen molar-refractivity contribution in [1.29, 1.82) is 0 Å². The Morgan fingerprint density at radius 2 is 1.89 bits per heavy atom. The molecule has 2 rings (SSSR count). The van der Waals surface area contributed by atoms with Gasteiger partial charge in [0.2, 0.25) is 6.79 Å². The number of urea groups is 1. The molecule has 27 heavy (non-hydrogen) atoms. The fourth-order valence-corrected chi connectivity index (χ4v) is 2.07. The van der Waals surface area contributed by atoms with Crippen LogP contribution in [0.2, 0.25) is 0 Å². The van der Waals surface area contributed by atoms with Gasteiger partial charge in [0.25, 0.3) is 11.8 Å². The lowest BCUT2D eigenvalue weighted by molar-refractivity contribution is -0.147.